The second kappa shape index (κ2) is 7.74. The molecule has 1 aliphatic rings. The molecular formula is C15H21N3O6. The standard InChI is InChI=1S/C15H21N3O6/c1-2-8(20)4-3-5-9-11(14(16)23)17-7-18(9)15-13(22)12(21)10(6-19)24-15/h7-8,10,12-13,15,19-22H,2,4,6H2,1H3,(H2,16,23)/t8?,10-,12-,13-,15-/m1/s1. The highest BCUT2D eigenvalue weighted by molar-refractivity contribution is 5.93. The van der Waals surface area contributed by atoms with Crippen molar-refractivity contribution in [3.63, 3.8) is 0 Å². The predicted octanol–water partition coefficient (Wildman–Crippen LogP) is -1.89. The third-order valence-electron chi connectivity index (χ3n) is 3.83. The van der Waals surface area contributed by atoms with Crippen molar-refractivity contribution in [3.8, 4) is 11.8 Å². The number of hydrogen-bond acceptors (Lipinski definition) is 7. The minimum absolute atomic E-state index is 0.105. The van der Waals surface area contributed by atoms with E-state index in [9.17, 15) is 20.1 Å². The van der Waals surface area contributed by atoms with Crippen LogP contribution in [0.15, 0.2) is 6.33 Å². The molecule has 1 aliphatic heterocycles. The summed E-state index contributed by atoms with van der Waals surface area (Å²) in [5.41, 5.74) is 5.28. The SMILES string of the molecule is CCC(O)CC#Cc1c(C(N)=O)ncn1[C@@H]1O[C@H](CO)[C@@H](O)[C@H]1O. The quantitative estimate of drug-likeness (QED) is 0.393. The Morgan fingerprint density at radius 1 is 1.50 bits per heavy atom. The van der Waals surface area contributed by atoms with Crippen molar-refractivity contribution in [1.29, 1.82) is 0 Å². The molecule has 0 aliphatic carbocycles. The van der Waals surface area contributed by atoms with Gasteiger partial charge in [-0.05, 0) is 12.3 Å². The summed E-state index contributed by atoms with van der Waals surface area (Å²) in [5.74, 6) is 4.63. The van der Waals surface area contributed by atoms with Crippen LogP contribution in [0.3, 0.4) is 0 Å². The summed E-state index contributed by atoms with van der Waals surface area (Å²) >= 11 is 0. The average molecular weight is 339 g/mol. The highest BCUT2D eigenvalue weighted by atomic mass is 16.6. The van der Waals surface area contributed by atoms with E-state index in [0.717, 1.165) is 0 Å². The zero-order valence-corrected chi connectivity index (χ0v) is 13.2. The normalized spacial score (nSPS) is 27.5. The van der Waals surface area contributed by atoms with Gasteiger partial charge < -0.3 is 30.9 Å². The van der Waals surface area contributed by atoms with Crippen molar-refractivity contribution in [2.45, 2.75) is 50.4 Å². The highest BCUT2D eigenvalue weighted by Gasteiger charge is 2.44. The van der Waals surface area contributed by atoms with Gasteiger partial charge >= 0.3 is 0 Å². The van der Waals surface area contributed by atoms with Crippen LogP contribution in [0.4, 0.5) is 0 Å². The molecule has 1 aromatic heterocycles. The Kier molecular flexibility index (Phi) is 5.93. The molecule has 9 heteroatoms. The number of nitrogens with zero attached hydrogens (tertiary/aromatic N) is 2. The van der Waals surface area contributed by atoms with Gasteiger partial charge in [-0.3, -0.25) is 9.36 Å². The van der Waals surface area contributed by atoms with Crippen LogP contribution in [0.25, 0.3) is 0 Å². The number of aliphatic hydroxyl groups excluding tert-OH is 4. The lowest BCUT2D eigenvalue weighted by Gasteiger charge is -2.17. The summed E-state index contributed by atoms with van der Waals surface area (Å²) in [5, 5.41) is 38.7. The van der Waals surface area contributed by atoms with E-state index in [1.165, 1.54) is 10.9 Å². The Hall–Kier alpha value is -1.96. The van der Waals surface area contributed by atoms with Gasteiger partial charge in [0.2, 0.25) is 0 Å². The molecule has 0 radical (unpaired) electrons. The number of nitrogens with two attached hydrogens (primary N) is 1. The van der Waals surface area contributed by atoms with E-state index < -0.39 is 43.2 Å². The second-order valence-electron chi connectivity index (χ2n) is 5.51. The van der Waals surface area contributed by atoms with Crippen LogP contribution in [0.5, 0.6) is 0 Å². The first-order chi connectivity index (χ1) is 11.4. The molecule has 1 amide bonds. The molecule has 1 saturated heterocycles. The number of carbonyl (C=O) groups excluding carboxylic acids is 1. The van der Waals surface area contributed by atoms with Gasteiger partial charge in [-0.1, -0.05) is 12.8 Å². The van der Waals surface area contributed by atoms with Crippen LogP contribution in [0.2, 0.25) is 0 Å². The lowest BCUT2D eigenvalue weighted by atomic mass is 10.1. The molecule has 132 valence electrons. The summed E-state index contributed by atoms with van der Waals surface area (Å²) in [7, 11) is 0. The van der Waals surface area contributed by atoms with Gasteiger partial charge in [0.15, 0.2) is 11.9 Å². The molecule has 0 saturated carbocycles. The van der Waals surface area contributed by atoms with Gasteiger partial charge in [0.25, 0.3) is 5.91 Å². The van der Waals surface area contributed by atoms with E-state index in [2.05, 4.69) is 16.8 Å². The topological polar surface area (TPSA) is 151 Å². The molecule has 2 rings (SSSR count). The number of aliphatic hydroxyl groups is 4. The Balaban J connectivity index is 2.35. The predicted molar refractivity (Wildman–Crippen MR) is 81.5 cm³/mol. The highest BCUT2D eigenvalue weighted by Crippen LogP contribution is 2.30. The summed E-state index contributed by atoms with van der Waals surface area (Å²) in [6.45, 7) is 1.33. The van der Waals surface area contributed by atoms with Crippen molar-refractivity contribution < 1.29 is 30.0 Å². The number of rotatable bonds is 5. The van der Waals surface area contributed by atoms with Crippen molar-refractivity contribution in [3.05, 3.63) is 17.7 Å². The van der Waals surface area contributed by atoms with Crippen LogP contribution < -0.4 is 5.73 Å². The molecule has 1 aromatic rings. The maximum Gasteiger partial charge on any atom is 0.270 e. The van der Waals surface area contributed by atoms with Crippen LogP contribution in [0.1, 0.15) is 42.2 Å². The van der Waals surface area contributed by atoms with Gasteiger partial charge in [-0.15, -0.1) is 0 Å². The zero-order valence-electron chi connectivity index (χ0n) is 13.2. The third kappa shape index (κ3) is 3.58. The number of imidazole rings is 1. The molecule has 9 nitrogen and oxygen atoms in total. The van der Waals surface area contributed by atoms with E-state index in [4.69, 9.17) is 15.6 Å². The fraction of sp³-hybridized carbons (Fsp3) is 0.600. The number of carbonyl (C=O) groups is 1. The molecule has 24 heavy (non-hydrogen) atoms. The van der Waals surface area contributed by atoms with Crippen LogP contribution in [-0.2, 0) is 4.74 Å². The third-order valence-corrected chi connectivity index (χ3v) is 3.83. The lowest BCUT2D eigenvalue weighted by molar-refractivity contribution is -0.0531. The zero-order chi connectivity index (χ0) is 17.9. The van der Waals surface area contributed by atoms with Crippen molar-refractivity contribution >= 4 is 5.91 Å². The minimum atomic E-state index is -1.33. The molecule has 0 bridgehead atoms. The van der Waals surface area contributed by atoms with Crippen molar-refractivity contribution in [1.82, 2.24) is 9.55 Å². The van der Waals surface area contributed by atoms with Gasteiger partial charge in [-0.2, -0.15) is 0 Å². The van der Waals surface area contributed by atoms with Crippen LogP contribution in [-0.4, -0.2) is 66.9 Å². The fourth-order valence-corrected chi connectivity index (χ4v) is 2.36. The molecule has 1 fully saturated rings. The molecule has 6 N–H and O–H groups in total. The maximum absolute atomic E-state index is 11.5. The fourth-order valence-electron chi connectivity index (χ4n) is 2.36. The summed E-state index contributed by atoms with van der Waals surface area (Å²) in [6.07, 6.45) is -3.31. The second-order valence-corrected chi connectivity index (χ2v) is 5.51. The van der Waals surface area contributed by atoms with E-state index in [0.29, 0.717) is 6.42 Å². The molecule has 2 heterocycles. The van der Waals surface area contributed by atoms with Crippen LogP contribution in [0, 0.1) is 11.8 Å². The Bertz CT molecular complexity index is 649. The van der Waals surface area contributed by atoms with E-state index in [1.807, 2.05) is 6.92 Å². The summed E-state index contributed by atoms with van der Waals surface area (Å²) < 4.78 is 6.69. The molecule has 0 aromatic carbocycles. The number of primary amides is 1. The Morgan fingerprint density at radius 3 is 2.75 bits per heavy atom. The van der Waals surface area contributed by atoms with E-state index >= 15 is 0 Å². The summed E-state index contributed by atoms with van der Waals surface area (Å²) in [4.78, 5) is 15.4. The van der Waals surface area contributed by atoms with Crippen molar-refractivity contribution in [2.24, 2.45) is 5.73 Å². The molecule has 5 atom stereocenters. The minimum Gasteiger partial charge on any atom is -0.394 e. The Labute approximate surface area is 138 Å². The first-order valence-corrected chi connectivity index (χ1v) is 7.56. The Morgan fingerprint density at radius 2 is 2.21 bits per heavy atom. The first kappa shape index (κ1) is 18.4. The number of hydrogen-bond donors (Lipinski definition) is 5. The maximum atomic E-state index is 11.5. The largest absolute Gasteiger partial charge is 0.394 e. The monoisotopic (exact) mass is 339 g/mol. The number of aromatic nitrogens is 2. The molecule has 0 spiro atoms. The average Bonchev–Trinajstić information content (AvgIpc) is 3.09. The van der Waals surface area contributed by atoms with Gasteiger partial charge in [0.1, 0.15) is 24.0 Å². The van der Waals surface area contributed by atoms with Gasteiger partial charge in [0.05, 0.1) is 19.0 Å². The number of amides is 1. The molecular weight excluding hydrogens is 318 g/mol. The summed E-state index contributed by atoms with van der Waals surface area (Å²) in [6, 6.07) is 0. The van der Waals surface area contributed by atoms with Gasteiger partial charge in [-0.25, -0.2) is 4.98 Å². The lowest BCUT2D eigenvalue weighted by Crippen LogP contribution is -2.33. The van der Waals surface area contributed by atoms with Gasteiger partial charge in [0, 0.05) is 6.42 Å². The van der Waals surface area contributed by atoms with Crippen molar-refractivity contribution in [2.75, 3.05) is 6.61 Å². The molecule has 1 unspecified atom stereocenters. The van der Waals surface area contributed by atoms with Crippen LogP contribution >= 0.6 is 0 Å². The first-order valence-electron chi connectivity index (χ1n) is 7.56. The smallest absolute Gasteiger partial charge is 0.270 e. The van der Waals surface area contributed by atoms with E-state index in [-0.39, 0.29) is 17.8 Å². The van der Waals surface area contributed by atoms with E-state index in [1.54, 1.807) is 0 Å². The number of ether oxygens (including phenoxy) is 1.